The summed E-state index contributed by atoms with van der Waals surface area (Å²) in [5.74, 6) is 1.92. The average Bonchev–Trinajstić information content (AvgIpc) is 1.00. The van der Waals surface area contributed by atoms with Crippen LogP contribution in [0.1, 0.15) is 0 Å². The van der Waals surface area contributed by atoms with Crippen LogP contribution in [0.2, 0.25) is 5.79 Å². The third-order valence-electron chi connectivity index (χ3n) is 0. The van der Waals surface area contributed by atoms with Gasteiger partial charge in [-0.3, -0.25) is 0 Å². The molecule has 0 rings (SSSR count). The zero-order chi connectivity index (χ0) is 2.00. The van der Waals surface area contributed by atoms with E-state index in [0.29, 0.717) is 0 Å². The van der Waals surface area contributed by atoms with Crippen LogP contribution >= 0.6 is 0 Å². The van der Waals surface area contributed by atoms with E-state index >= 15 is 0 Å². The van der Waals surface area contributed by atoms with Crippen molar-refractivity contribution in [2.24, 2.45) is 0 Å². The molecule has 0 spiro atoms. The van der Waals surface area contributed by atoms with Gasteiger partial charge in [0.2, 0.25) is 0 Å². The Labute approximate surface area is 71.7 Å². The summed E-state index contributed by atoms with van der Waals surface area (Å²) < 4.78 is 0. The zero-order valence-electron chi connectivity index (χ0n) is 5.36. The van der Waals surface area contributed by atoms with Crippen molar-refractivity contribution in [2.45, 2.75) is 5.79 Å². The van der Waals surface area contributed by atoms with Gasteiger partial charge in [0.1, 0.15) is 16.3 Å². The summed E-state index contributed by atoms with van der Waals surface area (Å²) in [5.41, 5.74) is 0. The van der Waals surface area contributed by atoms with E-state index in [1.54, 1.807) is 0 Å². The third-order valence-corrected chi connectivity index (χ3v) is 0. The summed E-state index contributed by atoms with van der Waals surface area (Å²) in [5, 5.41) is 0. The molecule has 0 aliphatic carbocycles. The molecule has 2 radical (unpaired) electrons. The van der Waals surface area contributed by atoms with Crippen molar-refractivity contribution in [2.75, 3.05) is 0 Å². The molecule has 4 nitrogen and oxygen atoms in total. The van der Waals surface area contributed by atoms with E-state index in [-0.39, 0.29) is 49.5 Å². The molecule has 0 amide bonds. The molecule has 0 aliphatic heterocycles. The Hall–Kier alpha value is 0.996. The van der Waals surface area contributed by atoms with E-state index in [1.807, 2.05) is 5.79 Å². The molecule has 0 unspecified atom stereocenters. The molecule has 50 valence electrons. The van der Waals surface area contributed by atoms with Gasteiger partial charge >= 0.3 is 19.5 Å². The topological polar surface area (TPSA) is 128 Å². The normalized spacial score (nSPS) is 0.625. The van der Waals surface area contributed by atoms with Gasteiger partial charge in [0.15, 0.2) is 0 Å². The quantitative estimate of drug-likeness (QED) is 0.341. The second-order valence-corrected chi connectivity index (χ2v) is 0. The maximum absolute atomic E-state index is 2.42. The molecule has 0 saturated carbocycles. The van der Waals surface area contributed by atoms with E-state index in [0.717, 1.165) is 0 Å². The smallest absolute Gasteiger partial charge is 0.693 e. The standard InChI is InChI=1S/2CH3.Al.H2N.3H2O.Zn/h2*1H3;;4*1H2;/q;-1;;-1;;;;+2. The molecule has 0 fully saturated rings. The van der Waals surface area contributed by atoms with Crippen molar-refractivity contribution in [1.82, 2.24) is 0 Å². The Morgan fingerprint density at radius 1 is 0.875 bits per heavy atom. The fourth-order valence-corrected chi connectivity index (χ4v) is 0. The number of hydrogen-bond acceptors (Lipinski definition) is 0. The van der Waals surface area contributed by atoms with Crippen LogP contribution in [0.4, 0.5) is 0 Å². The maximum atomic E-state index is 2.42. The zero-order valence-corrected chi connectivity index (χ0v) is 9.48. The van der Waals surface area contributed by atoms with Crippen LogP contribution in [0, 0.1) is 7.43 Å². The van der Waals surface area contributed by atoms with Crippen LogP contribution in [0.5, 0.6) is 0 Å². The molecule has 8 heavy (non-hydrogen) atoms. The van der Waals surface area contributed by atoms with Crippen LogP contribution in [0.15, 0.2) is 0 Å². The van der Waals surface area contributed by atoms with E-state index in [2.05, 4.69) is 16.3 Å². The monoisotopic (exact) mass is 191 g/mol. The third kappa shape index (κ3) is 254. The van der Waals surface area contributed by atoms with Crippen LogP contribution in [-0.4, -0.2) is 32.7 Å². The fourth-order valence-electron chi connectivity index (χ4n) is 0. The van der Waals surface area contributed by atoms with Gasteiger partial charge in [-0.1, -0.05) is 0 Å². The van der Waals surface area contributed by atoms with Gasteiger partial charge in [-0.2, -0.15) is 0 Å². The molecule has 0 heterocycles. The van der Waals surface area contributed by atoms with Crippen LogP contribution in [0.25, 0.3) is 6.15 Å². The predicted molar refractivity (Wildman–Crippen MR) is 34.2 cm³/mol. The Kier molecular flexibility index (Phi) is 7120. The van der Waals surface area contributed by atoms with Gasteiger partial charge < -0.3 is 30.0 Å². The minimum atomic E-state index is 0. The first-order valence-corrected chi connectivity index (χ1v) is 1.73. The predicted octanol–water partition coefficient (Wildman–Crippen LogP) is -1.11. The second-order valence-electron chi connectivity index (χ2n) is 0. The summed E-state index contributed by atoms with van der Waals surface area (Å²) in [7, 11) is 0. The SMILES string of the molecule is O.O.O.[CH3-].[CH3][Al].[NH2-].[Zn+2]. The van der Waals surface area contributed by atoms with Gasteiger partial charge in [-0.15, -0.1) is 5.79 Å². The Morgan fingerprint density at radius 2 is 0.875 bits per heavy atom. The van der Waals surface area contributed by atoms with Gasteiger partial charge in [0.05, 0.1) is 0 Å². The summed E-state index contributed by atoms with van der Waals surface area (Å²) in [6, 6.07) is 0. The molecule has 0 aromatic rings. The van der Waals surface area contributed by atoms with Crippen molar-refractivity contribution in [1.29, 1.82) is 0 Å². The summed E-state index contributed by atoms with van der Waals surface area (Å²) in [6.45, 7) is 0. The minimum Gasteiger partial charge on any atom is -0.693 e. The minimum absolute atomic E-state index is 0. The van der Waals surface area contributed by atoms with Gasteiger partial charge in [0, 0.05) is 0 Å². The van der Waals surface area contributed by atoms with Crippen LogP contribution < -0.4 is 0 Å². The van der Waals surface area contributed by atoms with Crippen molar-refractivity contribution in [3.63, 3.8) is 0 Å². The number of nitrogens with two attached hydrogens (primary N) is 1. The van der Waals surface area contributed by atoms with Gasteiger partial charge in [-0.25, -0.2) is 0 Å². The van der Waals surface area contributed by atoms with Crippen LogP contribution in [0.3, 0.4) is 0 Å². The molecule has 0 aromatic carbocycles. The maximum Gasteiger partial charge on any atom is 2.00 e. The van der Waals surface area contributed by atoms with Crippen LogP contribution in [-0.2, 0) is 19.5 Å². The van der Waals surface area contributed by atoms with Crippen molar-refractivity contribution < 1.29 is 35.9 Å². The summed E-state index contributed by atoms with van der Waals surface area (Å²) in [4.78, 5) is 0. The molecular weight excluding hydrogens is 178 g/mol. The molecule has 8 N–H and O–H groups in total. The van der Waals surface area contributed by atoms with Crippen molar-refractivity contribution in [3.8, 4) is 0 Å². The van der Waals surface area contributed by atoms with Gasteiger partial charge in [-0.05, 0) is 0 Å². The number of rotatable bonds is 0. The summed E-state index contributed by atoms with van der Waals surface area (Å²) >= 11 is 2.42. The van der Waals surface area contributed by atoms with E-state index < -0.39 is 0 Å². The fraction of sp³-hybridized carbons (Fsp3) is 0.500. The number of hydrogen-bond donors (Lipinski definition) is 0. The first-order chi connectivity index (χ1) is 1.00. The molecule has 0 aromatic heterocycles. The van der Waals surface area contributed by atoms with Gasteiger partial charge in [0.25, 0.3) is 0 Å². The molecular formula is C2H14AlNO3Zn. The van der Waals surface area contributed by atoms with Crippen molar-refractivity contribution >= 4 is 16.3 Å². The van der Waals surface area contributed by atoms with E-state index in [1.165, 1.54) is 0 Å². The Bertz CT molecular complexity index is 17.2. The average molecular weight is 193 g/mol. The van der Waals surface area contributed by atoms with E-state index in [9.17, 15) is 0 Å². The Balaban J connectivity index is -0.000000000333. The second kappa shape index (κ2) is 395. The van der Waals surface area contributed by atoms with Crippen molar-refractivity contribution in [3.05, 3.63) is 13.6 Å². The molecule has 0 atom stereocenters. The Morgan fingerprint density at radius 3 is 0.875 bits per heavy atom. The first-order valence-electron chi connectivity index (χ1n) is 0.577. The van der Waals surface area contributed by atoms with E-state index in [4.69, 9.17) is 0 Å². The molecule has 6 heteroatoms. The first kappa shape index (κ1) is 144. The summed E-state index contributed by atoms with van der Waals surface area (Å²) in [6.07, 6.45) is 0. The molecule has 0 saturated heterocycles. The molecule has 0 aliphatic rings. The molecule has 0 bridgehead atoms. The largest absolute Gasteiger partial charge is 2.00 e.